The number of thiophene rings is 1. The zero-order valence-corrected chi connectivity index (χ0v) is 50.4. The molecule has 0 aliphatic carbocycles. The third kappa shape index (κ3) is 15.3. The van der Waals surface area contributed by atoms with E-state index in [0.29, 0.717) is 60.1 Å². The maximum absolute atomic E-state index is 15.5. The van der Waals surface area contributed by atoms with Gasteiger partial charge >= 0.3 is 5.97 Å². The van der Waals surface area contributed by atoms with Crippen LogP contribution in [0.4, 0.5) is 17.1 Å². The number of pyridine rings is 1. The van der Waals surface area contributed by atoms with E-state index in [2.05, 4.69) is 131 Å². The molecule has 83 heavy (non-hydrogen) atoms. The summed E-state index contributed by atoms with van der Waals surface area (Å²) in [5.41, 5.74) is 8.57. The van der Waals surface area contributed by atoms with Crippen LogP contribution in [0, 0.1) is 23.2 Å². The normalized spacial score (nSPS) is 14.1. The number of aromatic nitrogens is 1. The maximum Gasteiger partial charge on any atom is 0.346 e. The number of unbranched alkanes of at least 4 members (excludes halogenated alkanes) is 8. The number of carbonyl (C=O) groups excluding carboxylic acids is 2. The molecule has 12 heteroatoms. The molecule has 0 saturated carbocycles. The maximum atomic E-state index is 15.5. The first-order chi connectivity index (χ1) is 40.5. The molecule has 1 N–H and O–H groups in total. The van der Waals surface area contributed by atoms with E-state index in [0.717, 1.165) is 132 Å². The lowest BCUT2D eigenvalue weighted by atomic mass is 9.98. The van der Waals surface area contributed by atoms with Gasteiger partial charge in [-0.1, -0.05) is 161 Å². The number of fused-ring (bicyclic) bond motifs is 1. The summed E-state index contributed by atoms with van der Waals surface area (Å²) in [7, 11) is 0. The molecular formula is C71H83N5O6S. The molecular weight excluding hydrogens is 1050 g/mol. The first-order valence-corrected chi connectivity index (χ1v) is 31.4. The van der Waals surface area contributed by atoms with Gasteiger partial charge in [-0.3, -0.25) is 14.6 Å². The number of anilines is 3. The van der Waals surface area contributed by atoms with Gasteiger partial charge in [0.15, 0.2) is 0 Å². The second-order valence-corrected chi connectivity index (χ2v) is 23.1. The SMILES string of the molecule is CCCCCCOc1ccc(N(c2ccc(OCCCCCC)cc2)c2ccc(-c3ccc(C4=C5C(=O)N(CC(CC)CCCC)C(c6ccc(-c7ccc(/C=C(/C#N)C(=O)O)cc7)cn6)=C5C(=O)N4CC(CC)CCCC)s3)cc2)cc1. The summed E-state index contributed by atoms with van der Waals surface area (Å²) in [6.45, 7) is 15.6. The number of aliphatic carboxylic acids is 1. The number of benzene rings is 4. The van der Waals surface area contributed by atoms with Crippen LogP contribution in [-0.2, 0) is 14.4 Å². The molecule has 4 aromatic carbocycles. The minimum absolute atomic E-state index is 0.164. The molecule has 0 spiro atoms. The lowest BCUT2D eigenvalue weighted by Crippen LogP contribution is -2.34. The Hall–Kier alpha value is -7.75. The Labute approximate surface area is 497 Å². The molecule has 2 atom stereocenters. The average molecular weight is 1130 g/mol. The van der Waals surface area contributed by atoms with E-state index in [4.69, 9.17) is 14.5 Å². The fraction of sp³-hybridized carbons (Fsp3) is 0.394. The number of nitrogens with zero attached hydrogens (tertiary/aromatic N) is 5. The van der Waals surface area contributed by atoms with Crippen LogP contribution in [-0.4, -0.2) is 64.0 Å². The van der Waals surface area contributed by atoms with Gasteiger partial charge in [-0.05, 0) is 139 Å². The van der Waals surface area contributed by atoms with E-state index in [9.17, 15) is 15.2 Å². The van der Waals surface area contributed by atoms with E-state index < -0.39 is 5.97 Å². The number of amides is 2. The molecule has 2 aliphatic rings. The lowest BCUT2D eigenvalue weighted by Gasteiger charge is -2.29. The van der Waals surface area contributed by atoms with Crippen molar-refractivity contribution in [1.82, 2.24) is 14.8 Å². The summed E-state index contributed by atoms with van der Waals surface area (Å²) < 4.78 is 12.3. The van der Waals surface area contributed by atoms with Crippen molar-refractivity contribution in [2.24, 2.45) is 11.8 Å². The molecule has 0 radical (unpaired) electrons. The predicted octanol–water partition coefficient (Wildman–Crippen LogP) is 18.1. The highest BCUT2D eigenvalue weighted by Crippen LogP contribution is 2.49. The van der Waals surface area contributed by atoms with E-state index in [1.165, 1.54) is 31.8 Å². The fourth-order valence-electron chi connectivity index (χ4n) is 11.1. The van der Waals surface area contributed by atoms with E-state index in [1.807, 2.05) is 34.1 Å². The average Bonchev–Trinajstić information content (AvgIpc) is 2.33. The van der Waals surface area contributed by atoms with Gasteiger partial charge in [0.25, 0.3) is 11.8 Å². The Morgan fingerprint density at radius 2 is 1.05 bits per heavy atom. The van der Waals surface area contributed by atoms with E-state index >= 15 is 9.59 Å². The summed E-state index contributed by atoms with van der Waals surface area (Å²) in [5.74, 6) is 0.563. The Morgan fingerprint density at radius 1 is 0.578 bits per heavy atom. The highest BCUT2D eigenvalue weighted by molar-refractivity contribution is 7.16. The molecule has 0 bridgehead atoms. The molecule has 6 aromatic rings. The monoisotopic (exact) mass is 1130 g/mol. The Morgan fingerprint density at radius 3 is 1.52 bits per heavy atom. The number of carboxylic acids is 1. The van der Waals surface area contributed by atoms with Crippen molar-refractivity contribution in [2.45, 2.75) is 144 Å². The molecule has 0 fully saturated rings. The number of hydrogen-bond donors (Lipinski definition) is 1. The van der Waals surface area contributed by atoms with Crippen LogP contribution in [0.25, 0.3) is 39.0 Å². The zero-order chi connectivity index (χ0) is 58.7. The topological polar surface area (TPSA) is 136 Å². The third-order valence-corrected chi connectivity index (χ3v) is 17.2. The van der Waals surface area contributed by atoms with Gasteiger partial charge < -0.3 is 29.3 Å². The van der Waals surface area contributed by atoms with Gasteiger partial charge in [0.1, 0.15) is 23.1 Å². The molecule has 2 aliphatic heterocycles. The first kappa shape index (κ1) is 61.3. The third-order valence-electron chi connectivity index (χ3n) is 16.0. The summed E-state index contributed by atoms with van der Waals surface area (Å²) in [5, 5.41) is 18.7. The van der Waals surface area contributed by atoms with Gasteiger partial charge in [-0.25, -0.2) is 4.79 Å². The summed E-state index contributed by atoms with van der Waals surface area (Å²) >= 11 is 1.61. The molecule has 8 rings (SSSR count). The standard InChI is InChI=1S/C71H83N5O6S/c1-7-13-17-19-43-81-60-36-32-58(33-37-60)76(59-34-38-61(39-35-59)82-44-20-18-14-8-2)57-30-27-54(28-31-57)63-41-42-64(83-63)68-66-65(69(77)75(68)49-51(12-6)22-16-10-4)67(74(70(66)78)48-50(11-5)21-15-9-3)62-40-29-55(47-73-62)53-25-23-52(24-26-53)45-56(46-72)71(79)80/h23-42,45,47,50-51H,7-22,43-44,48-49H2,1-6H3,(H,79,80)/b56-45-. The predicted molar refractivity (Wildman–Crippen MR) is 338 cm³/mol. The fourth-order valence-corrected chi connectivity index (χ4v) is 12.1. The molecule has 0 saturated heterocycles. The quantitative estimate of drug-likeness (QED) is 0.0243. The van der Waals surface area contributed by atoms with Crippen LogP contribution in [0.2, 0.25) is 0 Å². The van der Waals surface area contributed by atoms with Gasteiger partial charge in [-0.15, -0.1) is 11.3 Å². The number of nitriles is 1. The minimum atomic E-state index is -1.28. The second kappa shape index (κ2) is 30.5. The van der Waals surface area contributed by atoms with Gasteiger partial charge in [-0.2, -0.15) is 5.26 Å². The highest BCUT2D eigenvalue weighted by atomic mass is 32.1. The van der Waals surface area contributed by atoms with Crippen LogP contribution in [0.1, 0.15) is 160 Å². The number of rotatable bonds is 33. The Bertz CT molecular complexity index is 3190. The van der Waals surface area contributed by atoms with Crippen LogP contribution in [0.15, 0.2) is 144 Å². The van der Waals surface area contributed by atoms with Gasteiger partial charge in [0.05, 0.1) is 46.3 Å². The van der Waals surface area contributed by atoms with Crippen LogP contribution >= 0.6 is 11.3 Å². The summed E-state index contributed by atoms with van der Waals surface area (Å²) in [4.78, 5) is 55.4. The number of carboxylic acid groups (broad SMARTS) is 1. The van der Waals surface area contributed by atoms with Crippen molar-refractivity contribution < 1.29 is 29.0 Å². The van der Waals surface area contributed by atoms with Crippen molar-refractivity contribution in [3.8, 4) is 39.1 Å². The molecule has 4 heterocycles. The van der Waals surface area contributed by atoms with Crippen molar-refractivity contribution >= 4 is 63.7 Å². The number of ether oxygens (including phenoxy) is 2. The zero-order valence-electron chi connectivity index (χ0n) is 49.6. The number of hydrogen-bond acceptors (Lipinski definition) is 9. The van der Waals surface area contributed by atoms with Crippen molar-refractivity contribution in [1.29, 1.82) is 5.26 Å². The Balaban J connectivity index is 1.16. The summed E-state index contributed by atoms with van der Waals surface area (Å²) in [6.07, 6.45) is 20.2. The molecule has 2 unspecified atom stereocenters. The van der Waals surface area contributed by atoms with Crippen molar-refractivity contribution in [3.63, 3.8) is 0 Å². The lowest BCUT2D eigenvalue weighted by molar-refractivity contribution is -0.132. The molecule has 2 aromatic heterocycles. The van der Waals surface area contributed by atoms with Gasteiger partial charge in [0.2, 0.25) is 0 Å². The number of carbonyl (C=O) groups is 3. The second-order valence-electron chi connectivity index (χ2n) is 22.0. The largest absolute Gasteiger partial charge is 0.494 e. The van der Waals surface area contributed by atoms with E-state index in [1.54, 1.807) is 35.7 Å². The molecule has 2 amide bonds. The van der Waals surface area contributed by atoms with Crippen molar-refractivity contribution in [3.05, 3.63) is 160 Å². The molecule has 11 nitrogen and oxygen atoms in total. The van der Waals surface area contributed by atoms with Gasteiger partial charge in [0, 0.05) is 46.8 Å². The summed E-state index contributed by atoms with van der Waals surface area (Å²) in [6, 6.07) is 42.4. The van der Waals surface area contributed by atoms with E-state index in [-0.39, 0.29) is 29.2 Å². The van der Waals surface area contributed by atoms with Crippen LogP contribution in [0.3, 0.4) is 0 Å². The highest BCUT2D eigenvalue weighted by Gasteiger charge is 2.50. The van der Waals surface area contributed by atoms with Crippen molar-refractivity contribution in [2.75, 3.05) is 31.2 Å². The van der Waals surface area contributed by atoms with Crippen LogP contribution < -0.4 is 14.4 Å². The minimum Gasteiger partial charge on any atom is -0.494 e. The first-order valence-electron chi connectivity index (χ1n) is 30.5. The van der Waals surface area contributed by atoms with Crippen LogP contribution in [0.5, 0.6) is 11.5 Å². The Kier molecular flexibility index (Phi) is 22.6. The molecule has 434 valence electrons. The smallest absolute Gasteiger partial charge is 0.346 e.